The van der Waals surface area contributed by atoms with Crippen molar-refractivity contribution in [3.05, 3.63) is 29.8 Å². The zero-order valence-electron chi connectivity index (χ0n) is 13.9. The van der Waals surface area contributed by atoms with E-state index in [1.165, 1.54) is 14.0 Å². The lowest BCUT2D eigenvalue weighted by Gasteiger charge is -2.22. The molecule has 0 bridgehead atoms. The van der Waals surface area contributed by atoms with E-state index < -0.39 is 6.04 Å². The van der Waals surface area contributed by atoms with E-state index in [1.807, 2.05) is 0 Å². The van der Waals surface area contributed by atoms with Gasteiger partial charge in [0.25, 0.3) is 0 Å². The highest BCUT2D eigenvalue weighted by Gasteiger charge is 2.23. The number of anilines is 1. The predicted octanol–water partition coefficient (Wildman–Crippen LogP) is 1.78. The Morgan fingerprint density at radius 2 is 1.78 bits per heavy atom. The lowest BCUT2D eigenvalue weighted by molar-refractivity contribution is -0.144. The number of amides is 2. The van der Waals surface area contributed by atoms with Crippen molar-refractivity contribution in [3.8, 4) is 0 Å². The SMILES string of the molecule is CCC(=O)N(C(C)=O)c1ccc(C[C@@H](C(=O)OC)N(C)P)cc1. The standard InChI is InChI=1S/C16H23N2O4P/c1-5-15(20)18(11(2)19)13-8-6-12(7-9-13)10-14(17(3)23)16(21)22-4/h6-9,14H,5,10,23H2,1-4H3/t14-/m0/s1. The monoisotopic (exact) mass is 338 g/mol. The second-order valence-corrected chi connectivity index (χ2v) is 5.99. The Morgan fingerprint density at radius 1 is 1.22 bits per heavy atom. The summed E-state index contributed by atoms with van der Waals surface area (Å²) in [4.78, 5) is 36.5. The van der Waals surface area contributed by atoms with E-state index in [4.69, 9.17) is 4.74 Å². The molecule has 0 radical (unpaired) electrons. The molecule has 0 aliphatic heterocycles. The molecule has 6 nitrogen and oxygen atoms in total. The molecule has 0 heterocycles. The third-order valence-corrected chi connectivity index (χ3v) is 3.82. The van der Waals surface area contributed by atoms with Crippen molar-refractivity contribution in [2.45, 2.75) is 32.7 Å². The van der Waals surface area contributed by atoms with E-state index in [2.05, 4.69) is 9.39 Å². The highest BCUT2D eigenvalue weighted by Crippen LogP contribution is 2.19. The van der Waals surface area contributed by atoms with Crippen LogP contribution >= 0.6 is 9.39 Å². The minimum Gasteiger partial charge on any atom is -0.468 e. The second-order valence-electron chi connectivity index (χ2n) is 5.18. The molecule has 1 unspecified atom stereocenters. The molecule has 0 saturated carbocycles. The molecule has 0 fully saturated rings. The summed E-state index contributed by atoms with van der Waals surface area (Å²) in [5.74, 6) is -0.887. The van der Waals surface area contributed by atoms with E-state index in [0.717, 1.165) is 10.5 Å². The van der Waals surface area contributed by atoms with Crippen LogP contribution in [0.1, 0.15) is 25.8 Å². The van der Waals surface area contributed by atoms with Gasteiger partial charge < -0.3 is 4.74 Å². The minimum atomic E-state index is -0.419. The molecule has 1 aromatic carbocycles. The number of imide groups is 1. The number of carbonyl (C=O) groups is 3. The smallest absolute Gasteiger partial charge is 0.323 e. The van der Waals surface area contributed by atoms with Crippen molar-refractivity contribution in [3.63, 3.8) is 0 Å². The number of hydrogen-bond acceptors (Lipinski definition) is 5. The van der Waals surface area contributed by atoms with Crippen LogP contribution in [0.15, 0.2) is 24.3 Å². The number of rotatable bonds is 6. The van der Waals surface area contributed by atoms with Gasteiger partial charge in [0, 0.05) is 13.3 Å². The maximum atomic E-state index is 11.9. The van der Waals surface area contributed by atoms with Crippen molar-refractivity contribution < 1.29 is 19.1 Å². The number of likely N-dealkylation sites (N-methyl/N-ethyl adjacent to an activating group) is 1. The summed E-state index contributed by atoms with van der Waals surface area (Å²) in [5, 5.41) is 0. The van der Waals surface area contributed by atoms with Gasteiger partial charge in [0.15, 0.2) is 0 Å². The zero-order chi connectivity index (χ0) is 17.6. The predicted molar refractivity (Wildman–Crippen MR) is 91.9 cm³/mol. The van der Waals surface area contributed by atoms with Gasteiger partial charge in [-0.1, -0.05) is 28.4 Å². The molecule has 1 aromatic rings. The van der Waals surface area contributed by atoms with Gasteiger partial charge in [-0.05, 0) is 31.2 Å². The molecule has 126 valence electrons. The summed E-state index contributed by atoms with van der Waals surface area (Å²) in [5.41, 5.74) is 1.44. The van der Waals surface area contributed by atoms with Crippen molar-refractivity contribution in [2.75, 3.05) is 19.1 Å². The summed E-state index contributed by atoms with van der Waals surface area (Å²) in [6.45, 7) is 3.07. The van der Waals surface area contributed by atoms with Gasteiger partial charge in [0.05, 0.1) is 12.8 Å². The summed E-state index contributed by atoms with van der Waals surface area (Å²) in [6.07, 6.45) is 0.721. The number of ether oxygens (including phenoxy) is 1. The van der Waals surface area contributed by atoms with Gasteiger partial charge in [-0.2, -0.15) is 0 Å². The molecule has 0 aliphatic rings. The molecular formula is C16H23N2O4P. The Bertz CT molecular complexity index is 572. The van der Waals surface area contributed by atoms with E-state index >= 15 is 0 Å². The molecular weight excluding hydrogens is 315 g/mol. The lowest BCUT2D eigenvalue weighted by Crippen LogP contribution is -2.35. The van der Waals surface area contributed by atoms with Crippen LogP contribution in [0.4, 0.5) is 5.69 Å². The Kier molecular flexibility index (Phi) is 7.33. The topological polar surface area (TPSA) is 66.9 Å². The fraction of sp³-hybridized carbons (Fsp3) is 0.438. The molecule has 23 heavy (non-hydrogen) atoms. The first-order chi connectivity index (χ1) is 10.8. The van der Waals surface area contributed by atoms with Crippen LogP contribution in [-0.2, 0) is 25.5 Å². The van der Waals surface area contributed by atoms with E-state index in [9.17, 15) is 14.4 Å². The Morgan fingerprint density at radius 3 is 2.17 bits per heavy atom. The summed E-state index contributed by atoms with van der Waals surface area (Å²) in [7, 11) is 5.59. The Labute approximate surface area is 139 Å². The van der Waals surface area contributed by atoms with Crippen molar-refractivity contribution in [2.24, 2.45) is 0 Å². The van der Waals surface area contributed by atoms with Crippen molar-refractivity contribution in [1.82, 2.24) is 4.67 Å². The molecule has 7 heteroatoms. The number of benzene rings is 1. The molecule has 0 N–H and O–H groups in total. The zero-order valence-corrected chi connectivity index (χ0v) is 15.1. The first-order valence-corrected chi connectivity index (χ1v) is 7.81. The van der Waals surface area contributed by atoms with Gasteiger partial charge in [-0.25, -0.2) is 0 Å². The number of hydrogen-bond donors (Lipinski definition) is 0. The first kappa shape index (κ1) is 19.3. The molecule has 1 rings (SSSR count). The highest BCUT2D eigenvalue weighted by atomic mass is 31.0. The van der Waals surface area contributed by atoms with Crippen LogP contribution in [0.5, 0.6) is 0 Å². The van der Waals surface area contributed by atoms with Crippen LogP contribution in [0.3, 0.4) is 0 Å². The molecule has 0 saturated heterocycles. The van der Waals surface area contributed by atoms with Gasteiger partial charge in [-0.3, -0.25) is 24.0 Å². The third-order valence-electron chi connectivity index (χ3n) is 3.46. The lowest BCUT2D eigenvalue weighted by atomic mass is 10.1. The largest absolute Gasteiger partial charge is 0.468 e. The average molecular weight is 338 g/mol. The van der Waals surface area contributed by atoms with Gasteiger partial charge in [0.1, 0.15) is 6.04 Å². The van der Waals surface area contributed by atoms with Gasteiger partial charge in [0.2, 0.25) is 11.8 Å². The summed E-state index contributed by atoms with van der Waals surface area (Å²) >= 11 is 0. The second kappa shape index (κ2) is 8.75. The van der Waals surface area contributed by atoms with E-state index in [1.54, 1.807) is 42.9 Å². The fourth-order valence-electron chi connectivity index (χ4n) is 2.19. The van der Waals surface area contributed by atoms with Crippen LogP contribution in [0.2, 0.25) is 0 Å². The number of esters is 1. The minimum absolute atomic E-state index is 0.248. The maximum absolute atomic E-state index is 11.9. The number of methoxy groups -OCH3 is 1. The number of carbonyl (C=O) groups excluding carboxylic acids is 3. The maximum Gasteiger partial charge on any atom is 0.323 e. The van der Waals surface area contributed by atoms with Crippen molar-refractivity contribution >= 4 is 32.9 Å². The Hall–Kier alpha value is -1.78. The molecule has 0 aromatic heterocycles. The number of nitrogens with zero attached hydrogens (tertiary/aromatic N) is 2. The summed E-state index contributed by atoms with van der Waals surface area (Å²) in [6, 6.07) is 6.61. The third kappa shape index (κ3) is 5.12. The van der Waals surface area contributed by atoms with Gasteiger partial charge >= 0.3 is 5.97 Å². The summed E-state index contributed by atoms with van der Waals surface area (Å²) < 4.78 is 6.50. The first-order valence-electron chi connectivity index (χ1n) is 7.29. The molecule has 2 atom stereocenters. The Balaban J connectivity index is 2.97. The quantitative estimate of drug-likeness (QED) is 0.584. The van der Waals surface area contributed by atoms with Crippen LogP contribution in [0.25, 0.3) is 0 Å². The van der Waals surface area contributed by atoms with Gasteiger partial charge in [-0.15, -0.1) is 0 Å². The average Bonchev–Trinajstić information content (AvgIpc) is 2.52. The normalized spacial score (nSPS) is 11.9. The highest BCUT2D eigenvalue weighted by molar-refractivity contribution is 7.13. The van der Waals surface area contributed by atoms with Crippen LogP contribution < -0.4 is 4.90 Å². The van der Waals surface area contributed by atoms with E-state index in [0.29, 0.717) is 12.1 Å². The molecule has 2 amide bonds. The van der Waals surface area contributed by atoms with Crippen LogP contribution in [-0.4, -0.2) is 42.7 Å². The van der Waals surface area contributed by atoms with Crippen LogP contribution in [0, 0.1) is 0 Å². The fourth-order valence-corrected chi connectivity index (χ4v) is 2.42. The van der Waals surface area contributed by atoms with Crippen molar-refractivity contribution in [1.29, 1.82) is 0 Å². The molecule has 0 spiro atoms. The van der Waals surface area contributed by atoms with E-state index in [-0.39, 0.29) is 24.2 Å². The molecule has 0 aliphatic carbocycles.